The quantitative estimate of drug-likeness (QED) is 0.414. The highest BCUT2D eigenvalue weighted by molar-refractivity contribution is 8.18. The summed E-state index contributed by atoms with van der Waals surface area (Å²) in [6.07, 6.45) is 1.61. The number of nitrogens with zero attached hydrogens (tertiary/aromatic N) is 1. The summed E-state index contributed by atoms with van der Waals surface area (Å²) >= 11 is 0.695. The third-order valence-corrected chi connectivity index (χ3v) is 5.67. The normalized spacial score (nSPS) is 14.6. The lowest BCUT2D eigenvalue weighted by molar-refractivity contribution is -0.124. The number of nitrogens with one attached hydrogen (secondary N) is 2. The minimum absolute atomic E-state index is 0.0248. The number of rotatable bonds is 9. The smallest absolute Gasteiger partial charge is 0.293 e. The molecule has 7 nitrogen and oxygen atoms in total. The largest absolute Gasteiger partial charge is 0.354 e. The third-order valence-electron chi connectivity index (χ3n) is 4.76. The fraction of sp³-hybridized carbons (Fsp3) is 0.217. The molecule has 2 N–H and O–H groups in total. The van der Waals surface area contributed by atoms with Gasteiger partial charge in [-0.15, -0.1) is 0 Å². The van der Waals surface area contributed by atoms with Gasteiger partial charge in [-0.25, -0.2) is 13.2 Å². The Kier molecular flexibility index (Phi) is 8.47. The molecule has 4 amide bonds. The Morgan fingerprint density at radius 1 is 0.971 bits per heavy atom. The van der Waals surface area contributed by atoms with E-state index < -0.39 is 34.5 Å². The van der Waals surface area contributed by atoms with Crippen LogP contribution < -0.4 is 10.6 Å². The van der Waals surface area contributed by atoms with Crippen LogP contribution in [0.25, 0.3) is 6.08 Å². The standard InChI is InChI=1S/C23H20F3N3O4S/c24-15-7-8-16(18(26)13-15)21(31)28-9-3-6-20(30)27-10-11-29-22(32)19(34-23(29)33)12-14-4-1-2-5-17(14)25/h1-2,4-5,7-8,12-13H,3,6,9-11H2,(H,27,30)(H,28,31)/b19-12-. The van der Waals surface area contributed by atoms with Crippen molar-refractivity contribution in [1.82, 2.24) is 15.5 Å². The molecule has 0 unspecified atom stereocenters. The van der Waals surface area contributed by atoms with Gasteiger partial charge >= 0.3 is 0 Å². The van der Waals surface area contributed by atoms with Crippen LogP contribution in [0.15, 0.2) is 47.4 Å². The van der Waals surface area contributed by atoms with Gasteiger partial charge in [-0.1, -0.05) is 18.2 Å². The second kappa shape index (κ2) is 11.5. The third kappa shape index (κ3) is 6.47. The van der Waals surface area contributed by atoms with Gasteiger partial charge in [-0.05, 0) is 42.5 Å². The summed E-state index contributed by atoms with van der Waals surface area (Å²) in [6, 6.07) is 8.47. The van der Waals surface area contributed by atoms with E-state index in [1.54, 1.807) is 6.07 Å². The van der Waals surface area contributed by atoms with E-state index in [1.165, 1.54) is 24.3 Å². The lowest BCUT2D eigenvalue weighted by Crippen LogP contribution is -2.37. The zero-order valence-corrected chi connectivity index (χ0v) is 18.6. The Hall–Kier alpha value is -3.60. The summed E-state index contributed by atoms with van der Waals surface area (Å²) < 4.78 is 40.3. The summed E-state index contributed by atoms with van der Waals surface area (Å²) in [4.78, 5) is 49.5. The maximum absolute atomic E-state index is 13.8. The Morgan fingerprint density at radius 2 is 1.74 bits per heavy atom. The average molecular weight is 491 g/mol. The molecule has 1 fully saturated rings. The van der Waals surface area contributed by atoms with Gasteiger partial charge in [-0.2, -0.15) is 0 Å². The van der Waals surface area contributed by atoms with Crippen LogP contribution in [0, 0.1) is 17.5 Å². The topological polar surface area (TPSA) is 95.6 Å². The molecular formula is C23H20F3N3O4S. The first kappa shape index (κ1) is 25.0. The molecule has 1 saturated heterocycles. The molecule has 1 heterocycles. The van der Waals surface area contributed by atoms with Crippen LogP contribution in [0.4, 0.5) is 18.0 Å². The first-order valence-corrected chi connectivity index (χ1v) is 11.1. The predicted octanol–water partition coefficient (Wildman–Crippen LogP) is 3.47. The SMILES string of the molecule is O=C(CCCNC(=O)c1ccc(F)cc1F)NCCN1C(=O)S/C(=C\c2ccccc2F)C1=O. The Morgan fingerprint density at radius 3 is 2.47 bits per heavy atom. The van der Waals surface area contributed by atoms with Gasteiger partial charge in [0.15, 0.2) is 0 Å². The highest BCUT2D eigenvalue weighted by Gasteiger charge is 2.34. The molecule has 0 aromatic heterocycles. The Balaban J connectivity index is 1.38. The molecule has 2 aromatic rings. The molecule has 2 aromatic carbocycles. The molecule has 178 valence electrons. The summed E-state index contributed by atoms with van der Waals surface area (Å²) in [7, 11) is 0. The minimum atomic E-state index is -0.980. The number of benzene rings is 2. The molecule has 0 saturated carbocycles. The number of amides is 4. The predicted molar refractivity (Wildman–Crippen MR) is 120 cm³/mol. The van der Waals surface area contributed by atoms with E-state index in [1.807, 2.05) is 0 Å². The number of hydrogen-bond donors (Lipinski definition) is 2. The van der Waals surface area contributed by atoms with Crippen LogP contribution in [-0.4, -0.2) is 47.5 Å². The van der Waals surface area contributed by atoms with Crippen molar-refractivity contribution in [3.63, 3.8) is 0 Å². The molecule has 1 aliphatic heterocycles. The molecule has 11 heteroatoms. The second-order valence-electron chi connectivity index (χ2n) is 7.19. The highest BCUT2D eigenvalue weighted by atomic mass is 32.2. The van der Waals surface area contributed by atoms with Crippen LogP contribution in [0.1, 0.15) is 28.8 Å². The van der Waals surface area contributed by atoms with Gasteiger partial charge < -0.3 is 10.6 Å². The van der Waals surface area contributed by atoms with Crippen LogP contribution in [0.2, 0.25) is 0 Å². The first-order chi connectivity index (χ1) is 16.3. The minimum Gasteiger partial charge on any atom is -0.354 e. The monoisotopic (exact) mass is 491 g/mol. The van der Waals surface area contributed by atoms with Crippen molar-refractivity contribution in [2.75, 3.05) is 19.6 Å². The van der Waals surface area contributed by atoms with E-state index in [4.69, 9.17) is 0 Å². The van der Waals surface area contributed by atoms with Crippen LogP contribution in [0.5, 0.6) is 0 Å². The molecular weight excluding hydrogens is 471 g/mol. The maximum atomic E-state index is 13.8. The van der Waals surface area contributed by atoms with E-state index in [2.05, 4.69) is 10.6 Å². The number of hydrogen-bond acceptors (Lipinski definition) is 5. The number of thioether (sulfide) groups is 1. The fourth-order valence-electron chi connectivity index (χ4n) is 3.04. The molecule has 0 atom stereocenters. The van der Waals surface area contributed by atoms with Crippen molar-refractivity contribution in [2.24, 2.45) is 0 Å². The highest BCUT2D eigenvalue weighted by Crippen LogP contribution is 2.32. The van der Waals surface area contributed by atoms with Gasteiger partial charge in [0.2, 0.25) is 5.91 Å². The summed E-state index contributed by atoms with van der Waals surface area (Å²) in [5, 5.41) is 4.50. The Bertz CT molecular complexity index is 1160. The zero-order valence-electron chi connectivity index (χ0n) is 17.8. The Labute approximate surface area is 197 Å². The lowest BCUT2D eigenvalue weighted by atomic mass is 10.2. The van der Waals surface area contributed by atoms with Gasteiger partial charge in [-0.3, -0.25) is 24.1 Å². The van der Waals surface area contributed by atoms with Gasteiger partial charge in [0.05, 0.1) is 10.5 Å². The van der Waals surface area contributed by atoms with E-state index in [0.717, 1.165) is 17.0 Å². The number of carbonyl (C=O) groups excluding carboxylic acids is 4. The van der Waals surface area contributed by atoms with E-state index in [-0.39, 0.29) is 54.4 Å². The van der Waals surface area contributed by atoms with Crippen molar-refractivity contribution >= 4 is 40.8 Å². The van der Waals surface area contributed by atoms with Gasteiger partial charge in [0.25, 0.3) is 17.1 Å². The molecule has 1 aliphatic rings. The molecule has 34 heavy (non-hydrogen) atoms. The second-order valence-corrected chi connectivity index (χ2v) is 8.18. The maximum Gasteiger partial charge on any atom is 0.293 e. The molecule has 0 spiro atoms. The van der Waals surface area contributed by atoms with Gasteiger partial charge in [0.1, 0.15) is 17.5 Å². The zero-order chi connectivity index (χ0) is 24.7. The summed E-state index contributed by atoms with van der Waals surface area (Å²) in [6.45, 7) is 0.0651. The average Bonchev–Trinajstić information content (AvgIpc) is 3.05. The van der Waals surface area contributed by atoms with Gasteiger partial charge in [0, 0.05) is 37.7 Å². The van der Waals surface area contributed by atoms with E-state index >= 15 is 0 Å². The summed E-state index contributed by atoms with van der Waals surface area (Å²) in [5.41, 5.74) is -0.109. The number of imide groups is 1. The van der Waals surface area contributed by atoms with E-state index in [9.17, 15) is 32.3 Å². The molecule has 0 radical (unpaired) electrons. The van der Waals surface area contributed by atoms with Crippen molar-refractivity contribution in [1.29, 1.82) is 0 Å². The van der Waals surface area contributed by atoms with Crippen molar-refractivity contribution < 1.29 is 32.3 Å². The molecule has 3 rings (SSSR count). The fourth-order valence-corrected chi connectivity index (χ4v) is 3.90. The van der Waals surface area contributed by atoms with Crippen molar-refractivity contribution in [3.05, 3.63) is 75.9 Å². The van der Waals surface area contributed by atoms with E-state index in [0.29, 0.717) is 17.8 Å². The van der Waals surface area contributed by atoms with Crippen molar-refractivity contribution in [2.45, 2.75) is 12.8 Å². The molecule has 0 aliphatic carbocycles. The molecule has 0 bridgehead atoms. The van der Waals surface area contributed by atoms with Crippen LogP contribution >= 0.6 is 11.8 Å². The summed E-state index contributed by atoms with van der Waals surface area (Å²) in [5.74, 6) is -3.94. The van der Waals surface area contributed by atoms with Crippen LogP contribution in [0.3, 0.4) is 0 Å². The van der Waals surface area contributed by atoms with Crippen LogP contribution in [-0.2, 0) is 9.59 Å². The first-order valence-electron chi connectivity index (χ1n) is 10.3. The lowest BCUT2D eigenvalue weighted by Gasteiger charge is -2.13. The van der Waals surface area contributed by atoms with Crippen molar-refractivity contribution in [3.8, 4) is 0 Å². The number of halogens is 3. The number of carbonyl (C=O) groups is 4.